The van der Waals surface area contributed by atoms with Crippen LogP contribution in [0.4, 0.5) is 5.69 Å². The van der Waals surface area contributed by atoms with E-state index in [0.717, 1.165) is 0 Å². The average molecular weight is 232 g/mol. The lowest BCUT2D eigenvalue weighted by molar-refractivity contribution is 0.101. The Balaban J connectivity index is 2.11. The number of aromatic nitrogens is 3. The van der Waals surface area contributed by atoms with Crippen molar-refractivity contribution in [2.24, 2.45) is 7.05 Å². The second kappa shape index (κ2) is 4.25. The van der Waals surface area contributed by atoms with Gasteiger partial charge < -0.3 is 10.3 Å². The number of hydrogen-bond acceptors (Lipinski definition) is 3. The summed E-state index contributed by atoms with van der Waals surface area (Å²) < 4.78 is 1.59. The second-order valence-electron chi connectivity index (χ2n) is 3.72. The Morgan fingerprint density at radius 3 is 2.76 bits per heavy atom. The number of anilines is 1. The maximum Gasteiger partial charge on any atom is 0.272 e. The van der Waals surface area contributed by atoms with Gasteiger partial charge in [-0.05, 0) is 13.0 Å². The fraction of sp³-hybridized carbons (Fsp3) is 0.182. The van der Waals surface area contributed by atoms with Crippen LogP contribution in [-0.4, -0.2) is 26.5 Å². The van der Waals surface area contributed by atoms with Crippen LogP contribution in [0.15, 0.2) is 24.7 Å². The van der Waals surface area contributed by atoms with E-state index in [2.05, 4.69) is 15.4 Å². The lowest BCUT2D eigenvalue weighted by Crippen LogP contribution is -2.11. The zero-order chi connectivity index (χ0) is 12.4. The SMILES string of the molecule is CC(=O)c1c[nH]c(C(=O)Nc2cnn(C)c2)c1. The summed E-state index contributed by atoms with van der Waals surface area (Å²) in [6, 6.07) is 1.52. The molecule has 0 fully saturated rings. The van der Waals surface area contributed by atoms with Gasteiger partial charge in [-0.15, -0.1) is 0 Å². The van der Waals surface area contributed by atoms with Gasteiger partial charge in [-0.1, -0.05) is 0 Å². The molecule has 0 atom stereocenters. The molecule has 2 aromatic heterocycles. The summed E-state index contributed by atoms with van der Waals surface area (Å²) in [6.45, 7) is 1.45. The van der Waals surface area contributed by atoms with Gasteiger partial charge in [-0.3, -0.25) is 14.3 Å². The van der Waals surface area contributed by atoms with Crippen LogP contribution in [0.5, 0.6) is 0 Å². The van der Waals surface area contributed by atoms with Crippen LogP contribution in [0.25, 0.3) is 0 Å². The number of rotatable bonds is 3. The van der Waals surface area contributed by atoms with Crippen molar-refractivity contribution in [2.75, 3.05) is 5.32 Å². The number of H-pyrrole nitrogens is 1. The van der Waals surface area contributed by atoms with E-state index in [1.807, 2.05) is 0 Å². The van der Waals surface area contributed by atoms with Gasteiger partial charge in [0.1, 0.15) is 5.69 Å². The highest BCUT2D eigenvalue weighted by Crippen LogP contribution is 2.09. The summed E-state index contributed by atoms with van der Waals surface area (Å²) in [5, 5.41) is 6.60. The number of aromatic amines is 1. The number of ketones is 1. The quantitative estimate of drug-likeness (QED) is 0.780. The highest BCUT2D eigenvalue weighted by Gasteiger charge is 2.11. The molecular formula is C11H12N4O2. The average Bonchev–Trinajstić information content (AvgIpc) is 2.86. The molecule has 6 heteroatoms. The van der Waals surface area contributed by atoms with Crippen LogP contribution in [0.1, 0.15) is 27.8 Å². The van der Waals surface area contributed by atoms with Crippen molar-refractivity contribution in [3.8, 4) is 0 Å². The molecular weight excluding hydrogens is 220 g/mol. The Kier molecular flexibility index (Phi) is 2.78. The Labute approximate surface area is 97.6 Å². The number of aryl methyl sites for hydroxylation is 1. The van der Waals surface area contributed by atoms with Crippen LogP contribution in [-0.2, 0) is 7.05 Å². The highest BCUT2D eigenvalue weighted by atomic mass is 16.2. The molecule has 1 amide bonds. The van der Waals surface area contributed by atoms with E-state index >= 15 is 0 Å². The molecule has 0 radical (unpaired) electrons. The predicted molar refractivity (Wildman–Crippen MR) is 62.0 cm³/mol. The number of carbonyl (C=O) groups is 2. The molecule has 2 aromatic rings. The fourth-order valence-electron chi connectivity index (χ4n) is 1.41. The summed E-state index contributed by atoms with van der Waals surface area (Å²) >= 11 is 0. The molecule has 88 valence electrons. The van der Waals surface area contributed by atoms with Gasteiger partial charge in [0.2, 0.25) is 0 Å². The number of amides is 1. The van der Waals surface area contributed by atoms with Crippen molar-refractivity contribution >= 4 is 17.4 Å². The molecule has 0 spiro atoms. The minimum atomic E-state index is -0.300. The Bertz CT molecular complexity index is 568. The van der Waals surface area contributed by atoms with Gasteiger partial charge in [0.05, 0.1) is 11.9 Å². The third-order valence-electron chi connectivity index (χ3n) is 2.30. The minimum Gasteiger partial charge on any atom is -0.356 e. The molecule has 0 bridgehead atoms. The fourth-order valence-corrected chi connectivity index (χ4v) is 1.41. The molecule has 0 saturated carbocycles. The Morgan fingerprint density at radius 1 is 1.47 bits per heavy atom. The van der Waals surface area contributed by atoms with Crippen molar-refractivity contribution in [1.29, 1.82) is 0 Å². The molecule has 0 saturated heterocycles. The lowest BCUT2D eigenvalue weighted by atomic mass is 10.2. The van der Waals surface area contributed by atoms with Gasteiger partial charge in [-0.2, -0.15) is 5.10 Å². The van der Waals surface area contributed by atoms with Crippen molar-refractivity contribution in [3.05, 3.63) is 35.9 Å². The van der Waals surface area contributed by atoms with E-state index < -0.39 is 0 Å². The van der Waals surface area contributed by atoms with Crippen molar-refractivity contribution in [2.45, 2.75) is 6.92 Å². The van der Waals surface area contributed by atoms with Crippen LogP contribution in [0.2, 0.25) is 0 Å². The molecule has 2 rings (SSSR count). The molecule has 2 heterocycles. The molecule has 0 unspecified atom stereocenters. The van der Waals surface area contributed by atoms with E-state index in [1.165, 1.54) is 19.2 Å². The Hall–Kier alpha value is -2.37. The van der Waals surface area contributed by atoms with Crippen molar-refractivity contribution < 1.29 is 9.59 Å². The summed E-state index contributed by atoms with van der Waals surface area (Å²) in [6.07, 6.45) is 4.75. The Morgan fingerprint density at radius 2 is 2.24 bits per heavy atom. The first-order chi connectivity index (χ1) is 8.06. The third kappa shape index (κ3) is 2.41. The largest absolute Gasteiger partial charge is 0.356 e. The van der Waals surface area contributed by atoms with E-state index in [4.69, 9.17) is 0 Å². The number of nitrogens with one attached hydrogen (secondary N) is 2. The summed E-state index contributed by atoms with van der Waals surface area (Å²) in [5.74, 6) is -0.382. The van der Waals surface area contributed by atoms with Gasteiger partial charge in [0.25, 0.3) is 5.91 Å². The topological polar surface area (TPSA) is 79.8 Å². The van der Waals surface area contributed by atoms with Crippen molar-refractivity contribution in [3.63, 3.8) is 0 Å². The standard InChI is InChI=1S/C11H12N4O2/c1-7(16)8-3-10(12-4-8)11(17)14-9-5-13-15(2)6-9/h3-6,12H,1-2H3,(H,14,17). The third-order valence-corrected chi connectivity index (χ3v) is 2.30. The van der Waals surface area contributed by atoms with Crippen LogP contribution < -0.4 is 5.32 Å². The molecule has 0 aliphatic rings. The van der Waals surface area contributed by atoms with Crippen LogP contribution in [0.3, 0.4) is 0 Å². The van der Waals surface area contributed by atoms with Gasteiger partial charge >= 0.3 is 0 Å². The lowest BCUT2D eigenvalue weighted by Gasteiger charge is -1.98. The van der Waals surface area contributed by atoms with E-state index in [1.54, 1.807) is 24.1 Å². The predicted octanol–water partition coefficient (Wildman–Crippen LogP) is 1.20. The molecule has 17 heavy (non-hydrogen) atoms. The normalized spacial score (nSPS) is 10.2. The highest BCUT2D eigenvalue weighted by molar-refractivity contribution is 6.05. The second-order valence-corrected chi connectivity index (χ2v) is 3.72. The maximum atomic E-state index is 11.8. The first-order valence-electron chi connectivity index (χ1n) is 5.05. The monoisotopic (exact) mass is 232 g/mol. The first kappa shape index (κ1) is 11.1. The van der Waals surface area contributed by atoms with Gasteiger partial charge in [0, 0.05) is 25.0 Å². The molecule has 0 aliphatic carbocycles. The zero-order valence-corrected chi connectivity index (χ0v) is 9.52. The van der Waals surface area contributed by atoms with E-state index in [0.29, 0.717) is 16.9 Å². The van der Waals surface area contributed by atoms with Crippen LogP contribution >= 0.6 is 0 Å². The summed E-state index contributed by atoms with van der Waals surface area (Å²) in [4.78, 5) is 25.6. The number of carbonyl (C=O) groups excluding carboxylic acids is 2. The molecule has 0 aromatic carbocycles. The molecule has 2 N–H and O–H groups in total. The number of nitrogens with zero attached hydrogens (tertiary/aromatic N) is 2. The summed E-state index contributed by atoms with van der Waals surface area (Å²) in [5.41, 5.74) is 1.44. The van der Waals surface area contributed by atoms with Crippen LogP contribution in [0, 0.1) is 0 Å². The smallest absolute Gasteiger partial charge is 0.272 e. The maximum absolute atomic E-state index is 11.8. The number of Topliss-reactive ketones (excluding diaryl/α,β-unsaturated/α-hetero) is 1. The molecule has 0 aliphatic heterocycles. The van der Waals surface area contributed by atoms with Crippen molar-refractivity contribution in [1.82, 2.24) is 14.8 Å². The zero-order valence-electron chi connectivity index (χ0n) is 9.52. The van der Waals surface area contributed by atoms with E-state index in [9.17, 15) is 9.59 Å². The van der Waals surface area contributed by atoms with Gasteiger partial charge in [-0.25, -0.2) is 0 Å². The summed E-state index contributed by atoms with van der Waals surface area (Å²) in [7, 11) is 1.76. The first-order valence-corrected chi connectivity index (χ1v) is 5.05. The number of hydrogen-bond donors (Lipinski definition) is 2. The van der Waals surface area contributed by atoms with Gasteiger partial charge in [0.15, 0.2) is 5.78 Å². The van der Waals surface area contributed by atoms with E-state index in [-0.39, 0.29) is 11.7 Å². The minimum absolute atomic E-state index is 0.0818. The molecule has 6 nitrogen and oxygen atoms in total.